The first-order valence-corrected chi connectivity index (χ1v) is 7.16. The molecule has 1 unspecified atom stereocenters. The lowest BCUT2D eigenvalue weighted by molar-refractivity contribution is -0.138. The Balaban J connectivity index is 1.58. The van der Waals surface area contributed by atoms with Crippen molar-refractivity contribution in [2.45, 2.75) is 31.7 Å². The second kappa shape index (κ2) is 4.20. The van der Waals surface area contributed by atoms with Gasteiger partial charge < -0.3 is 16.2 Å². The van der Waals surface area contributed by atoms with Crippen molar-refractivity contribution in [2.24, 2.45) is 17.1 Å². The van der Waals surface area contributed by atoms with Crippen molar-refractivity contribution in [2.75, 3.05) is 11.9 Å². The molecule has 1 aromatic rings. The van der Waals surface area contributed by atoms with E-state index in [0.29, 0.717) is 11.1 Å². The topological polar surface area (TPSA) is 88.2 Å². The van der Waals surface area contributed by atoms with Crippen molar-refractivity contribution in [3.05, 3.63) is 11.1 Å². The lowest BCUT2D eigenvalue weighted by Crippen LogP contribution is -2.21. The van der Waals surface area contributed by atoms with Crippen LogP contribution in [-0.2, 0) is 4.79 Å². The van der Waals surface area contributed by atoms with Gasteiger partial charge in [0.1, 0.15) is 6.04 Å². The van der Waals surface area contributed by atoms with E-state index in [9.17, 15) is 4.79 Å². The summed E-state index contributed by atoms with van der Waals surface area (Å²) >= 11 is 1.43. The molecular weight excluding hydrogens is 250 g/mol. The number of hydrogen-bond acceptors (Lipinski definition) is 5. The highest BCUT2D eigenvalue weighted by Crippen LogP contribution is 2.61. The molecule has 2 fully saturated rings. The average molecular weight is 267 g/mol. The van der Waals surface area contributed by atoms with Crippen LogP contribution in [0.5, 0.6) is 0 Å². The number of carboxylic acids is 1. The molecule has 6 heteroatoms. The fourth-order valence-corrected chi connectivity index (χ4v) is 3.22. The largest absolute Gasteiger partial charge is 0.480 e. The van der Waals surface area contributed by atoms with E-state index in [-0.39, 0.29) is 0 Å². The highest BCUT2D eigenvalue weighted by Gasteiger charge is 2.53. The molecule has 1 aromatic heterocycles. The first kappa shape index (κ1) is 11.9. The summed E-state index contributed by atoms with van der Waals surface area (Å²) in [6.45, 7) is 0.965. The highest BCUT2D eigenvalue weighted by molar-refractivity contribution is 7.13. The van der Waals surface area contributed by atoms with Gasteiger partial charge >= 0.3 is 5.97 Å². The minimum Gasteiger partial charge on any atom is -0.480 e. The number of aromatic nitrogens is 1. The van der Waals surface area contributed by atoms with Gasteiger partial charge in [0, 0.05) is 11.9 Å². The molecule has 98 valence electrons. The van der Waals surface area contributed by atoms with Gasteiger partial charge in [0.05, 0.1) is 5.69 Å². The SMILES string of the molecule is NC(C(=O)O)c1csc(NCC2(C3CC3)CC2)n1. The van der Waals surface area contributed by atoms with Crippen LogP contribution >= 0.6 is 11.3 Å². The summed E-state index contributed by atoms with van der Waals surface area (Å²) in [5, 5.41) is 14.7. The molecule has 1 atom stereocenters. The van der Waals surface area contributed by atoms with E-state index in [4.69, 9.17) is 10.8 Å². The predicted molar refractivity (Wildman–Crippen MR) is 69.6 cm³/mol. The summed E-state index contributed by atoms with van der Waals surface area (Å²) in [7, 11) is 0. The van der Waals surface area contributed by atoms with Gasteiger partial charge in [-0.05, 0) is 37.0 Å². The van der Waals surface area contributed by atoms with Gasteiger partial charge in [0.2, 0.25) is 0 Å². The molecule has 0 saturated heterocycles. The van der Waals surface area contributed by atoms with E-state index in [1.807, 2.05) is 0 Å². The number of carbonyl (C=O) groups is 1. The predicted octanol–water partition coefficient (Wildman–Crippen LogP) is 1.83. The number of thiazole rings is 1. The minimum absolute atomic E-state index is 0.436. The summed E-state index contributed by atoms with van der Waals surface area (Å²) < 4.78 is 0. The second-order valence-electron chi connectivity index (χ2n) is 5.38. The number of nitrogens with one attached hydrogen (secondary N) is 1. The molecule has 1 heterocycles. The Kier molecular flexibility index (Phi) is 2.79. The van der Waals surface area contributed by atoms with Gasteiger partial charge in [-0.3, -0.25) is 4.79 Å². The quantitative estimate of drug-likeness (QED) is 0.731. The molecular formula is C12H17N3O2S. The summed E-state index contributed by atoms with van der Waals surface area (Å²) in [4.78, 5) is 15.0. The van der Waals surface area contributed by atoms with Gasteiger partial charge in [-0.1, -0.05) is 0 Å². The summed E-state index contributed by atoms with van der Waals surface area (Å²) in [5.41, 5.74) is 6.47. The van der Waals surface area contributed by atoms with Crippen molar-refractivity contribution in [3.63, 3.8) is 0 Å². The monoisotopic (exact) mass is 267 g/mol. The number of nitrogens with two attached hydrogens (primary N) is 1. The average Bonchev–Trinajstić information content (AvgIpc) is 3.24. The van der Waals surface area contributed by atoms with Crippen LogP contribution in [0.4, 0.5) is 5.13 Å². The van der Waals surface area contributed by atoms with E-state index >= 15 is 0 Å². The molecule has 2 aliphatic rings. The number of carboxylic acid groups (broad SMARTS) is 1. The zero-order valence-corrected chi connectivity index (χ0v) is 10.9. The molecule has 0 radical (unpaired) electrons. The fourth-order valence-electron chi connectivity index (χ4n) is 2.47. The van der Waals surface area contributed by atoms with Gasteiger partial charge in [-0.15, -0.1) is 11.3 Å². The van der Waals surface area contributed by atoms with E-state index in [1.165, 1.54) is 37.0 Å². The van der Waals surface area contributed by atoms with E-state index in [0.717, 1.165) is 17.6 Å². The van der Waals surface area contributed by atoms with Crippen molar-refractivity contribution in [1.82, 2.24) is 4.98 Å². The number of anilines is 1. The lowest BCUT2D eigenvalue weighted by atomic mass is 10.0. The molecule has 2 saturated carbocycles. The van der Waals surface area contributed by atoms with E-state index < -0.39 is 12.0 Å². The zero-order valence-electron chi connectivity index (χ0n) is 10.1. The third kappa shape index (κ3) is 2.22. The molecule has 0 bridgehead atoms. The molecule has 18 heavy (non-hydrogen) atoms. The highest BCUT2D eigenvalue weighted by atomic mass is 32.1. The molecule has 5 nitrogen and oxygen atoms in total. The van der Waals surface area contributed by atoms with Gasteiger partial charge in [-0.25, -0.2) is 4.98 Å². The molecule has 0 aliphatic heterocycles. The Hall–Kier alpha value is -1.14. The maximum atomic E-state index is 10.8. The lowest BCUT2D eigenvalue weighted by Gasteiger charge is -2.14. The van der Waals surface area contributed by atoms with Gasteiger partial charge in [0.25, 0.3) is 0 Å². The standard InChI is InChI=1S/C12H17N3O2S/c13-9(10(16)17)8-5-18-11(15-8)14-6-12(3-4-12)7-1-2-7/h5,7,9H,1-4,6,13H2,(H,14,15)(H,16,17). The van der Waals surface area contributed by atoms with E-state index in [2.05, 4.69) is 10.3 Å². The Bertz CT molecular complexity index is 466. The first-order chi connectivity index (χ1) is 8.61. The Morgan fingerprint density at radius 3 is 2.94 bits per heavy atom. The van der Waals surface area contributed by atoms with Gasteiger partial charge in [0.15, 0.2) is 5.13 Å². The second-order valence-corrected chi connectivity index (χ2v) is 6.24. The van der Waals surface area contributed by atoms with Crippen LogP contribution in [0.1, 0.15) is 37.4 Å². The third-order valence-electron chi connectivity index (χ3n) is 4.03. The zero-order chi connectivity index (χ0) is 12.8. The molecule has 0 aromatic carbocycles. The van der Waals surface area contributed by atoms with E-state index in [1.54, 1.807) is 5.38 Å². The minimum atomic E-state index is -1.04. The van der Waals surface area contributed by atoms with Crippen LogP contribution < -0.4 is 11.1 Å². The molecule has 4 N–H and O–H groups in total. The Morgan fingerprint density at radius 2 is 2.39 bits per heavy atom. The normalized spacial score (nSPS) is 22.5. The Labute approximate surface area is 109 Å². The van der Waals surface area contributed by atoms with Crippen molar-refractivity contribution in [1.29, 1.82) is 0 Å². The van der Waals surface area contributed by atoms with Crippen molar-refractivity contribution < 1.29 is 9.90 Å². The molecule has 0 spiro atoms. The molecule has 3 rings (SSSR count). The van der Waals surface area contributed by atoms with Crippen LogP contribution in [0.25, 0.3) is 0 Å². The van der Waals surface area contributed by atoms with Crippen LogP contribution in [0.3, 0.4) is 0 Å². The smallest absolute Gasteiger partial charge is 0.326 e. The summed E-state index contributed by atoms with van der Waals surface area (Å²) in [6.07, 6.45) is 5.37. The summed E-state index contributed by atoms with van der Waals surface area (Å²) in [6, 6.07) is -1.02. The number of hydrogen-bond donors (Lipinski definition) is 3. The third-order valence-corrected chi connectivity index (χ3v) is 4.85. The fraction of sp³-hybridized carbons (Fsp3) is 0.667. The maximum Gasteiger partial charge on any atom is 0.326 e. The first-order valence-electron chi connectivity index (χ1n) is 6.28. The van der Waals surface area contributed by atoms with Gasteiger partial charge in [-0.2, -0.15) is 0 Å². The summed E-state index contributed by atoms with van der Waals surface area (Å²) in [5.74, 6) is -0.130. The van der Waals surface area contributed by atoms with Crippen molar-refractivity contribution >= 4 is 22.4 Å². The maximum absolute atomic E-state index is 10.8. The number of nitrogens with zero attached hydrogens (tertiary/aromatic N) is 1. The van der Waals surface area contributed by atoms with Crippen molar-refractivity contribution in [3.8, 4) is 0 Å². The number of aliphatic carboxylic acids is 1. The van der Waals surface area contributed by atoms with Crippen LogP contribution in [0.15, 0.2) is 5.38 Å². The molecule has 0 amide bonds. The molecule has 2 aliphatic carbocycles. The Morgan fingerprint density at radius 1 is 1.67 bits per heavy atom. The number of rotatable bonds is 6. The van der Waals surface area contributed by atoms with Crippen LogP contribution in [0.2, 0.25) is 0 Å². The van der Waals surface area contributed by atoms with Crippen LogP contribution in [-0.4, -0.2) is 22.6 Å². The van der Waals surface area contributed by atoms with Crippen LogP contribution in [0, 0.1) is 11.3 Å².